The molecule has 2 bridgehead atoms. The molecule has 1 saturated heterocycles. The molecule has 1 fully saturated rings. The smallest absolute Gasteiger partial charge is 0.410 e. The number of fused-ring (bicyclic) bond motifs is 2. The summed E-state index contributed by atoms with van der Waals surface area (Å²) in [6, 6.07) is 6.48. The van der Waals surface area contributed by atoms with Gasteiger partial charge in [0, 0.05) is 12.1 Å². The molecule has 0 radical (unpaired) electrons. The van der Waals surface area contributed by atoms with Crippen LogP contribution in [-0.2, 0) is 4.74 Å². The number of rotatable bonds is 2. The molecule has 4 nitrogen and oxygen atoms in total. The number of carbonyl (C=O) groups excluding carboxylic acids is 1. The molecule has 5 heteroatoms. The molecule has 0 aliphatic carbocycles. The van der Waals surface area contributed by atoms with Crippen LogP contribution in [0.15, 0.2) is 29.8 Å². The molecule has 1 aromatic rings. The molecule has 0 saturated carbocycles. The van der Waals surface area contributed by atoms with Gasteiger partial charge in [0.1, 0.15) is 11.4 Å². The zero-order valence-corrected chi connectivity index (χ0v) is 15.1. The van der Waals surface area contributed by atoms with E-state index in [4.69, 9.17) is 4.74 Å². The monoisotopic (exact) mass is 347 g/mol. The number of amides is 1. The standard InChI is InChI=1S/C20H26FNO3/c1-20(2,3)25-19(24)22-16-8-9-17(22)11-18(14(10-16)12-23)13-4-6-15(21)7-5-13/h4-7,16-17,23H,8-12H2,1-3H3. The summed E-state index contributed by atoms with van der Waals surface area (Å²) in [7, 11) is 0. The fourth-order valence-corrected chi connectivity index (χ4v) is 3.90. The summed E-state index contributed by atoms with van der Waals surface area (Å²) < 4.78 is 18.8. The molecule has 1 N–H and O–H groups in total. The van der Waals surface area contributed by atoms with Crippen molar-refractivity contribution < 1.29 is 19.0 Å². The number of hydrogen-bond acceptors (Lipinski definition) is 3. The van der Waals surface area contributed by atoms with Crippen molar-refractivity contribution in [1.29, 1.82) is 0 Å². The van der Waals surface area contributed by atoms with Crippen LogP contribution in [0.1, 0.15) is 52.0 Å². The van der Waals surface area contributed by atoms with Crippen molar-refractivity contribution in [2.45, 2.75) is 64.1 Å². The maximum atomic E-state index is 13.3. The number of aliphatic hydroxyl groups is 1. The van der Waals surface area contributed by atoms with Gasteiger partial charge in [-0.15, -0.1) is 0 Å². The van der Waals surface area contributed by atoms with Crippen molar-refractivity contribution in [2.75, 3.05) is 6.61 Å². The molecule has 2 unspecified atom stereocenters. The van der Waals surface area contributed by atoms with Crippen molar-refractivity contribution in [2.24, 2.45) is 0 Å². The Balaban J connectivity index is 1.89. The third-order valence-corrected chi connectivity index (χ3v) is 4.96. The summed E-state index contributed by atoms with van der Waals surface area (Å²) in [4.78, 5) is 14.5. The summed E-state index contributed by atoms with van der Waals surface area (Å²) in [6.45, 7) is 5.56. The van der Waals surface area contributed by atoms with Gasteiger partial charge in [-0.2, -0.15) is 0 Å². The topological polar surface area (TPSA) is 49.8 Å². The quantitative estimate of drug-likeness (QED) is 0.875. The first-order valence-corrected chi connectivity index (χ1v) is 8.87. The minimum absolute atomic E-state index is 0.0436. The van der Waals surface area contributed by atoms with Crippen LogP contribution in [0.3, 0.4) is 0 Å². The van der Waals surface area contributed by atoms with Crippen LogP contribution in [0.25, 0.3) is 5.57 Å². The molecular weight excluding hydrogens is 321 g/mol. The average molecular weight is 347 g/mol. The third-order valence-electron chi connectivity index (χ3n) is 4.96. The van der Waals surface area contributed by atoms with E-state index in [1.165, 1.54) is 12.1 Å². The lowest BCUT2D eigenvalue weighted by Crippen LogP contribution is -2.43. The number of ether oxygens (including phenoxy) is 1. The molecule has 136 valence electrons. The number of halogens is 1. The van der Waals surface area contributed by atoms with E-state index in [2.05, 4.69) is 0 Å². The Labute approximate surface area is 148 Å². The largest absolute Gasteiger partial charge is 0.444 e. The van der Waals surface area contributed by atoms with E-state index in [0.717, 1.165) is 29.6 Å². The van der Waals surface area contributed by atoms with E-state index in [1.807, 2.05) is 25.7 Å². The van der Waals surface area contributed by atoms with Gasteiger partial charge >= 0.3 is 6.09 Å². The predicted molar refractivity (Wildman–Crippen MR) is 94.5 cm³/mol. The number of benzene rings is 1. The fourth-order valence-electron chi connectivity index (χ4n) is 3.90. The van der Waals surface area contributed by atoms with Crippen molar-refractivity contribution >= 4 is 11.7 Å². The Morgan fingerprint density at radius 2 is 1.80 bits per heavy atom. The van der Waals surface area contributed by atoms with Crippen LogP contribution in [0, 0.1) is 5.82 Å². The molecule has 2 aliphatic heterocycles. The first kappa shape index (κ1) is 17.9. The summed E-state index contributed by atoms with van der Waals surface area (Å²) in [5.74, 6) is -0.277. The van der Waals surface area contributed by atoms with Gasteiger partial charge in [0.15, 0.2) is 0 Å². The Kier molecular flexibility index (Phi) is 4.87. The van der Waals surface area contributed by atoms with Crippen LogP contribution in [0.5, 0.6) is 0 Å². The molecule has 3 rings (SSSR count). The van der Waals surface area contributed by atoms with E-state index in [0.29, 0.717) is 12.8 Å². The van der Waals surface area contributed by atoms with Gasteiger partial charge in [-0.25, -0.2) is 9.18 Å². The van der Waals surface area contributed by atoms with Crippen molar-refractivity contribution in [3.05, 3.63) is 41.2 Å². The highest BCUT2D eigenvalue weighted by atomic mass is 19.1. The van der Waals surface area contributed by atoms with Crippen LogP contribution in [0.4, 0.5) is 9.18 Å². The molecular formula is C20H26FNO3. The SMILES string of the molecule is CC(C)(C)OC(=O)N1C2CCC1CC(c1ccc(F)cc1)=C(CO)C2. The number of aliphatic hydroxyl groups excluding tert-OH is 1. The molecule has 2 aliphatic rings. The van der Waals surface area contributed by atoms with Crippen LogP contribution >= 0.6 is 0 Å². The summed E-state index contributed by atoms with van der Waals surface area (Å²) in [5.41, 5.74) is 2.35. The predicted octanol–water partition coefficient (Wildman–Crippen LogP) is 4.13. The van der Waals surface area contributed by atoms with Crippen LogP contribution in [-0.4, -0.2) is 40.4 Å². The van der Waals surface area contributed by atoms with Crippen LogP contribution < -0.4 is 0 Å². The molecule has 0 aromatic heterocycles. The van der Waals surface area contributed by atoms with E-state index in [1.54, 1.807) is 12.1 Å². The average Bonchev–Trinajstić information content (AvgIpc) is 2.83. The Morgan fingerprint density at radius 1 is 1.20 bits per heavy atom. The molecule has 2 heterocycles. The van der Waals surface area contributed by atoms with E-state index >= 15 is 0 Å². The van der Waals surface area contributed by atoms with Gasteiger partial charge in [0.2, 0.25) is 0 Å². The maximum absolute atomic E-state index is 13.3. The molecule has 1 aromatic carbocycles. The Morgan fingerprint density at radius 3 is 2.36 bits per heavy atom. The lowest BCUT2D eigenvalue weighted by Gasteiger charge is -2.31. The van der Waals surface area contributed by atoms with E-state index in [9.17, 15) is 14.3 Å². The lowest BCUT2D eigenvalue weighted by atomic mass is 9.89. The first-order valence-electron chi connectivity index (χ1n) is 8.87. The number of carbonyl (C=O) groups is 1. The van der Waals surface area contributed by atoms with Gasteiger partial charge in [-0.1, -0.05) is 12.1 Å². The lowest BCUT2D eigenvalue weighted by molar-refractivity contribution is 0.0155. The Hall–Kier alpha value is -1.88. The summed E-state index contributed by atoms with van der Waals surface area (Å²) in [5, 5.41) is 9.88. The third kappa shape index (κ3) is 3.87. The second kappa shape index (κ2) is 6.79. The first-order chi connectivity index (χ1) is 11.8. The molecule has 0 spiro atoms. The molecule has 2 atom stereocenters. The second-order valence-corrected chi connectivity index (χ2v) is 7.93. The maximum Gasteiger partial charge on any atom is 0.410 e. The minimum atomic E-state index is -0.532. The highest BCUT2D eigenvalue weighted by molar-refractivity contribution is 5.74. The highest BCUT2D eigenvalue weighted by Gasteiger charge is 2.42. The van der Waals surface area contributed by atoms with Crippen molar-refractivity contribution in [1.82, 2.24) is 4.90 Å². The molecule has 25 heavy (non-hydrogen) atoms. The zero-order chi connectivity index (χ0) is 18.2. The van der Waals surface area contributed by atoms with Gasteiger partial charge in [-0.3, -0.25) is 0 Å². The minimum Gasteiger partial charge on any atom is -0.444 e. The molecule has 1 amide bonds. The fraction of sp³-hybridized carbons (Fsp3) is 0.550. The van der Waals surface area contributed by atoms with Gasteiger partial charge in [0.05, 0.1) is 6.61 Å². The van der Waals surface area contributed by atoms with E-state index < -0.39 is 5.60 Å². The Bertz CT molecular complexity index is 675. The normalized spacial score (nSPS) is 23.6. The van der Waals surface area contributed by atoms with Crippen molar-refractivity contribution in [3.8, 4) is 0 Å². The second-order valence-electron chi connectivity index (χ2n) is 7.93. The number of nitrogens with zero attached hydrogens (tertiary/aromatic N) is 1. The highest BCUT2D eigenvalue weighted by Crippen LogP contribution is 2.41. The van der Waals surface area contributed by atoms with Gasteiger partial charge in [-0.05, 0) is 75.3 Å². The van der Waals surface area contributed by atoms with E-state index in [-0.39, 0.29) is 30.6 Å². The summed E-state index contributed by atoms with van der Waals surface area (Å²) >= 11 is 0. The van der Waals surface area contributed by atoms with Crippen LogP contribution in [0.2, 0.25) is 0 Å². The number of hydrogen-bond donors (Lipinski definition) is 1. The van der Waals surface area contributed by atoms with Crippen molar-refractivity contribution in [3.63, 3.8) is 0 Å². The summed E-state index contributed by atoms with van der Waals surface area (Å²) in [6.07, 6.45) is 2.87. The van der Waals surface area contributed by atoms with Gasteiger partial charge in [0.25, 0.3) is 0 Å². The van der Waals surface area contributed by atoms with Gasteiger partial charge < -0.3 is 14.7 Å². The zero-order valence-electron chi connectivity index (χ0n) is 15.1.